The molecule has 3 N–H and O–H groups in total. The Balaban J connectivity index is 2.57. The fourth-order valence-corrected chi connectivity index (χ4v) is 2.33. The topological polar surface area (TPSA) is 38.0 Å². The van der Waals surface area contributed by atoms with Crippen molar-refractivity contribution < 1.29 is 0 Å². The molecule has 0 fully saturated rings. The fraction of sp³-hybridized carbons (Fsp3) is 0.625. The summed E-state index contributed by atoms with van der Waals surface area (Å²) < 4.78 is 0. The highest BCUT2D eigenvalue weighted by Gasteiger charge is 2.07. The van der Waals surface area contributed by atoms with Gasteiger partial charge in [0.1, 0.15) is 0 Å². The van der Waals surface area contributed by atoms with Gasteiger partial charge in [0.25, 0.3) is 0 Å². The summed E-state index contributed by atoms with van der Waals surface area (Å²) in [5, 5.41) is 3.54. The standard InChI is InChI=1S/C16H28N2/c1-11-9-12(2)15(5)16(14(11)4)10-18-8-6-7-13(3)17/h9,13,18H,6-8,10,17H2,1-5H3. The maximum Gasteiger partial charge on any atom is 0.0210 e. The van der Waals surface area contributed by atoms with Crippen LogP contribution in [0.15, 0.2) is 6.07 Å². The molecule has 0 aliphatic rings. The molecule has 1 aromatic rings. The van der Waals surface area contributed by atoms with E-state index in [1.54, 1.807) is 0 Å². The van der Waals surface area contributed by atoms with E-state index in [2.05, 4.69) is 46.0 Å². The summed E-state index contributed by atoms with van der Waals surface area (Å²) in [7, 11) is 0. The van der Waals surface area contributed by atoms with Crippen LogP contribution in [-0.2, 0) is 6.54 Å². The van der Waals surface area contributed by atoms with E-state index >= 15 is 0 Å². The molecule has 18 heavy (non-hydrogen) atoms. The SMILES string of the molecule is Cc1cc(C)c(C)c(CNCCCC(C)N)c1C. The van der Waals surface area contributed by atoms with Crippen LogP contribution in [-0.4, -0.2) is 12.6 Å². The normalized spacial score (nSPS) is 12.8. The van der Waals surface area contributed by atoms with Gasteiger partial charge in [-0.1, -0.05) is 6.07 Å². The zero-order valence-corrected chi connectivity index (χ0v) is 12.6. The van der Waals surface area contributed by atoms with E-state index in [1.165, 1.54) is 27.8 Å². The molecule has 1 unspecified atom stereocenters. The molecule has 1 atom stereocenters. The predicted octanol–water partition coefficient (Wildman–Crippen LogP) is 3.14. The van der Waals surface area contributed by atoms with Gasteiger partial charge in [-0.15, -0.1) is 0 Å². The van der Waals surface area contributed by atoms with Gasteiger partial charge in [0.15, 0.2) is 0 Å². The molecule has 1 aromatic carbocycles. The van der Waals surface area contributed by atoms with Crippen molar-refractivity contribution in [2.45, 2.75) is 60.0 Å². The molecule has 0 amide bonds. The lowest BCUT2D eigenvalue weighted by molar-refractivity contribution is 0.573. The van der Waals surface area contributed by atoms with Gasteiger partial charge in [0.05, 0.1) is 0 Å². The van der Waals surface area contributed by atoms with E-state index in [4.69, 9.17) is 5.73 Å². The van der Waals surface area contributed by atoms with Gasteiger partial charge in [-0.3, -0.25) is 0 Å². The van der Waals surface area contributed by atoms with E-state index in [-0.39, 0.29) is 0 Å². The zero-order valence-electron chi connectivity index (χ0n) is 12.6. The van der Waals surface area contributed by atoms with Crippen LogP contribution < -0.4 is 11.1 Å². The van der Waals surface area contributed by atoms with Crippen molar-refractivity contribution in [3.05, 3.63) is 33.9 Å². The first-order valence-electron chi connectivity index (χ1n) is 6.96. The molecular weight excluding hydrogens is 220 g/mol. The second-order valence-corrected chi connectivity index (χ2v) is 5.54. The van der Waals surface area contributed by atoms with Crippen molar-refractivity contribution in [1.82, 2.24) is 5.32 Å². The van der Waals surface area contributed by atoms with E-state index < -0.39 is 0 Å². The lowest BCUT2D eigenvalue weighted by Crippen LogP contribution is -2.20. The third kappa shape index (κ3) is 4.11. The minimum absolute atomic E-state index is 0.316. The lowest BCUT2D eigenvalue weighted by Gasteiger charge is -2.16. The second-order valence-electron chi connectivity index (χ2n) is 5.54. The van der Waals surface area contributed by atoms with Gasteiger partial charge in [-0.05, 0) is 81.8 Å². The highest BCUT2D eigenvalue weighted by Crippen LogP contribution is 2.21. The summed E-state index contributed by atoms with van der Waals surface area (Å²) in [5.41, 5.74) is 12.9. The molecule has 0 radical (unpaired) electrons. The predicted molar refractivity (Wildman–Crippen MR) is 80.0 cm³/mol. The number of rotatable bonds is 6. The van der Waals surface area contributed by atoms with Crippen molar-refractivity contribution >= 4 is 0 Å². The molecule has 1 rings (SSSR count). The first-order valence-corrected chi connectivity index (χ1v) is 6.96. The highest BCUT2D eigenvalue weighted by molar-refractivity contribution is 5.43. The summed E-state index contributed by atoms with van der Waals surface area (Å²) >= 11 is 0. The quantitative estimate of drug-likeness (QED) is 0.759. The van der Waals surface area contributed by atoms with Crippen LogP contribution >= 0.6 is 0 Å². The average Bonchev–Trinajstić information content (AvgIpc) is 2.30. The van der Waals surface area contributed by atoms with Gasteiger partial charge in [0.2, 0.25) is 0 Å². The summed E-state index contributed by atoms with van der Waals surface area (Å²) in [4.78, 5) is 0. The van der Waals surface area contributed by atoms with Crippen LogP contribution in [0, 0.1) is 27.7 Å². The summed E-state index contributed by atoms with van der Waals surface area (Å²) in [6.45, 7) is 12.9. The Hall–Kier alpha value is -0.860. The molecule has 0 heterocycles. The minimum atomic E-state index is 0.316. The third-order valence-electron chi connectivity index (χ3n) is 3.84. The van der Waals surface area contributed by atoms with E-state index in [9.17, 15) is 0 Å². The van der Waals surface area contributed by atoms with Crippen LogP contribution in [0.1, 0.15) is 47.6 Å². The Kier molecular flexibility index (Phi) is 5.83. The van der Waals surface area contributed by atoms with Crippen molar-refractivity contribution in [2.75, 3.05) is 6.54 Å². The Morgan fingerprint density at radius 1 is 1.11 bits per heavy atom. The number of nitrogens with one attached hydrogen (secondary N) is 1. The van der Waals surface area contributed by atoms with E-state index in [0.717, 1.165) is 25.9 Å². The third-order valence-corrected chi connectivity index (χ3v) is 3.84. The second kappa shape index (κ2) is 6.91. The first kappa shape index (κ1) is 15.2. The molecule has 0 saturated carbocycles. The van der Waals surface area contributed by atoms with Crippen LogP contribution in [0.25, 0.3) is 0 Å². The number of benzene rings is 1. The van der Waals surface area contributed by atoms with Gasteiger partial charge in [-0.25, -0.2) is 0 Å². The molecule has 0 bridgehead atoms. The average molecular weight is 248 g/mol. The van der Waals surface area contributed by atoms with Crippen LogP contribution in [0.4, 0.5) is 0 Å². The summed E-state index contributed by atoms with van der Waals surface area (Å²) in [6.07, 6.45) is 2.25. The molecule has 102 valence electrons. The monoisotopic (exact) mass is 248 g/mol. The summed E-state index contributed by atoms with van der Waals surface area (Å²) in [5.74, 6) is 0. The van der Waals surface area contributed by atoms with Gasteiger partial charge >= 0.3 is 0 Å². The number of hydrogen-bond acceptors (Lipinski definition) is 2. The van der Waals surface area contributed by atoms with Crippen molar-refractivity contribution in [3.63, 3.8) is 0 Å². The maximum atomic E-state index is 5.75. The lowest BCUT2D eigenvalue weighted by atomic mass is 9.94. The first-order chi connectivity index (χ1) is 8.43. The van der Waals surface area contributed by atoms with Gasteiger partial charge in [0, 0.05) is 12.6 Å². The Labute approximate surface area is 112 Å². The maximum absolute atomic E-state index is 5.75. The van der Waals surface area contributed by atoms with Gasteiger partial charge < -0.3 is 11.1 Å². The van der Waals surface area contributed by atoms with Crippen molar-refractivity contribution in [1.29, 1.82) is 0 Å². The van der Waals surface area contributed by atoms with Crippen LogP contribution in [0.2, 0.25) is 0 Å². The molecule has 0 spiro atoms. The number of aryl methyl sites for hydroxylation is 2. The molecule has 0 saturated heterocycles. The molecule has 0 aromatic heterocycles. The Bertz CT molecular complexity index is 368. The molecule has 0 aliphatic carbocycles. The largest absolute Gasteiger partial charge is 0.328 e. The summed E-state index contributed by atoms with van der Waals surface area (Å²) in [6, 6.07) is 2.60. The van der Waals surface area contributed by atoms with Crippen LogP contribution in [0.5, 0.6) is 0 Å². The number of nitrogens with two attached hydrogens (primary N) is 1. The van der Waals surface area contributed by atoms with Crippen molar-refractivity contribution in [3.8, 4) is 0 Å². The zero-order chi connectivity index (χ0) is 13.7. The van der Waals surface area contributed by atoms with Crippen LogP contribution in [0.3, 0.4) is 0 Å². The smallest absolute Gasteiger partial charge is 0.0210 e. The Morgan fingerprint density at radius 3 is 2.17 bits per heavy atom. The minimum Gasteiger partial charge on any atom is -0.328 e. The fourth-order valence-electron chi connectivity index (χ4n) is 2.33. The highest BCUT2D eigenvalue weighted by atomic mass is 14.8. The number of hydrogen-bond donors (Lipinski definition) is 2. The van der Waals surface area contributed by atoms with Crippen molar-refractivity contribution in [2.24, 2.45) is 5.73 Å². The molecule has 2 nitrogen and oxygen atoms in total. The molecule has 2 heteroatoms. The molecular formula is C16H28N2. The molecule has 0 aliphatic heterocycles. The van der Waals surface area contributed by atoms with E-state index in [0.29, 0.717) is 6.04 Å². The van der Waals surface area contributed by atoms with E-state index in [1.807, 2.05) is 0 Å². The van der Waals surface area contributed by atoms with Gasteiger partial charge in [-0.2, -0.15) is 0 Å². The Morgan fingerprint density at radius 2 is 1.67 bits per heavy atom.